The second-order valence-electron chi connectivity index (χ2n) is 6.76. The number of cyclic esters (lactones) is 1. The van der Waals surface area contributed by atoms with Crippen molar-refractivity contribution in [3.63, 3.8) is 0 Å². The summed E-state index contributed by atoms with van der Waals surface area (Å²) in [4.78, 5) is 13.5. The lowest BCUT2D eigenvalue weighted by atomic mass is 10.0. The van der Waals surface area contributed by atoms with Gasteiger partial charge in [0.25, 0.3) is 0 Å². The molecule has 0 saturated carbocycles. The zero-order valence-corrected chi connectivity index (χ0v) is 15.9. The van der Waals surface area contributed by atoms with Crippen LogP contribution in [-0.2, 0) is 14.3 Å². The maximum absolute atomic E-state index is 11.9. The lowest BCUT2D eigenvalue weighted by molar-refractivity contribution is -0.893. The Morgan fingerprint density at radius 3 is 2.46 bits per heavy atom. The fraction of sp³-hybridized carbons (Fsp3) is 0.850. The van der Waals surface area contributed by atoms with Gasteiger partial charge in [-0.15, -0.1) is 0 Å². The largest absolute Gasteiger partial charge is 0.460 e. The molecule has 0 radical (unpaired) electrons. The van der Waals surface area contributed by atoms with E-state index in [1.54, 1.807) is 4.90 Å². The third-order valence-electron chi connectivity index (χ3n) is 4.40. The van der Waals surface area contributed by atoms with Gasteiger partial charge in [-0.3, -0.25) is 4.79 Å². The summed E-state index contributed by atoms with van der Waals surface area (Å²) in [5.41, 5.74) is 0. The number of carbonyl (C=O) groups excluding carboxylic acids is 1. The van der Waals surface area contributed by atoms with E-state index in [1.165, 1.54) is 38.8 Å². The minimum atomic E-state index is -0.101. The summed E-state index contributed by atoms with van der Waals surface area (Å²) in [7, 11) is 0. The smallest absolute Gasteiger partial charge is 0.310 e. The quantitative estimate of drug-likeness (QED) is 0.337. The first-order valence-electron chi connectivity index (χ1n) is 9.78. The molecule has 0 aromatic heterocycles. The Balaban J connectivity index is 2.31. The molecule has 1 heterocycles. The maximum Gasteiger partial charge on any atom is 0.310 e. The molecule has 0 aromatic rings. The van der Waals surface area contributed by atoms with E-state index in [0.29, 0.717) is 13.0 Å². The van der Waals surface area contributed by atoms with E-state index in [4.69, 9.17) is 9.47 Å². The van der Waals surface area contributed by atoms with Crippen molar-refractivity contribution in [2.24, 2.45) is 5.92 Å². The first kappa shape index (κ1) is 21.0. The van der Waals surface area contributed by atoms with Gasteiger partial charge in [-0.1, -0.05) is 39.5 Å². The Kier molecular flexibility index (Phi) is 11.6. The summed E-state index contributed by atoms with van der Waals surface area (Å²) in [5, 5.41) is 0. The van der Waals surface area contributed by atoms with E-state index >= 15 is 0 Å². The van der Waals surface area contributed by atoms with Crippen molar-refractivity contribution in [2.45, 2.75) is 71.8 Å². The topological polar surface area (TPSA) is 40.0 Å². The number of quaternary nitrogens is 1. The molecule has 2 atom stereocenters. The van der Waals surface area contributed by atoms with E-state index in [1.807, 2.05) is 0 Å². The summed E-state index contributed by atoms with van der Waals surface area (Å²) in [6, 6.07) is 0. The Labute approximate surface area is 148 Å². The first-order valence-corrected chi connectivity index (χ1v) is 9.78. The van der Waals surface area contributed by atoms with E-state index in [0.717, 1.165) is 26.0 Å². The van der Waals surface area contributed by atoms with Gasteiger partial charge >= 0.3 is 5.97 Å². The van der Waals surface area contributed by atoms with Crippen LogP contribution in [-0.4, -0.2) is 44.9 Å². The SMILES string of the molecule is CCCC[NH+](CC#CC[C@H]1C[C@H](COCCC)OC1=O)CCCC. The molecule has 1 saturated heterocycles. The number of carbonyl (C=O) groups is 1. The normalized spacial score (nSPS) is 20.1. The summed E-state index contributed by atoms with van der Waals surface area (Å²) < 4.78 is 10.8. The van der Waals surface area contributed by atoms with Gasteiger partial charge in [0.15, 0.2) is 0 Å². The van der Waals surface area contributed by atoms with Crippen molar-refractivity contribution in [3.8, 4) is 11.8 Å². The molecule has 1 aliphatic heterocycles. The molecule has 0 aromatic carbocycles. The number of hydrogen-bond donors (Lipinski definition) is 1. The standard InChI is InChI=1S/C20H35NO3/c1-4-7-12-21(13-8-5-2)14-10-9-11-18-16-19(24-20(18)22)17-23-15-6-3/h18-19H,4-8,11-17H2,1-3H3/p+1/t18-,19+/m0/s1. The highest BCUT2D eigenvalue weighted by molar-refractivity contribution is 5.75. The molecule has 1 fully saturated rings. The number of hydrogen-bond acceptors (Lipinski definition) is 3. The van der Waals surface area contributed by atoms with Crippen LogP contribution >= 0.6 is 0 Å². The van der Waals surface area contributed by atoms with E-state index in [2.05, 4.69) is 32.6 Å². The molecule has 1 rings (SSSR count). The van der Waals surface area contributed by atoms with Gasteiger partial charge in [0.1, 0.15) is 12.6 Å². The molecule has 1 N–H and O–H groups in total. The van der Waals surface area contributed by atoms with Gasteiger partial charge in [0.2, 0.25) is 0 Å². The van der Waals surface area contributed by atoms with Crippen LogP contribution in [0.3, 0.4) is 0 Å². The lowest BCUT2D eigenvalue weighted by Gasteiger charge is -2.16. The molecule has 0 unspecified atom stereocenters. The molecule has 0 spiro atoms. The second kappa shape index (κ2) is 13.3. The molecule has 0 amide bonds. The lowest BCUT2D eigenvalue weighted by Crippen LogP contribution is -3.12. The van der Waals surface area contributed by atoms with Gasteiger partial charge in [-0.05, 0) is 25.2 Å². The molecule has 4 heteroatoms. The minimum Gasteiger partial charge on any atom is -0.460 e. The van der Waals surface area contributed by atoms with Crippen LogP contribution in [0.25, 0.3) is 0 Å². The summed E-state index contributed by atoms with van der Waals surface area (Å²) >= 11 is 0. The Hall–Kier alpha value is -1.05. The zero-order valence-electron chi connectivity index (χ0n) is 15.9. The zero-order chi connectivity index (χ0) is 17.6. The van der Waals surface area contributed by atoms with Crippen molar-refractivity contribution in [3.05, 3.63) is 0 Å². The van der Waals surface area contributed by atoms with Gasteiger partial charge in [-0.2, -0.15) is 0 Å². The van der Waals surface area contributed by atoms with Crippen LogP contribution in [0.1, 0.15) is 65.7 Å². The molecule has 24 heavy (non-hydrogen) atoms. The number of nitrogens with one attached hydrogen (secondary N) is 1. The van der Waals surface area contributed by atoms with Crippen molar-refractivity contribution in [1.29, 1.82) is 0 Å². The fourth-order valence-corrected chi connectivity index (χ4v) is 2.89. The number of unbranched alkanes of at least 4 members (excludes halogenated alkanes) is 2. The van der Waals surface area contributed by atoms with Crippen LogP contribution in [0.15, 0.2) is 0 Å². The average molecular weight is 339 g/mol. The van der Waals surface area contributed by atoms with Crippen molar-refractivity contribution < 1.29 is 19.2 Å². The molecule has 0 bridgehead atoms. The van der Waals surface area contributed by atoms with Crippen molar-refractivity contribution >= 4 is 5.97 Å². The van der Waals surface area contributed by atoms with Crippen LogP contribution < -0.4 is 4.90 Å². The van der Waals surface area contributed by atoms with Gasteiger partial charge in [0.05, 0.1) is 25.6 Å². The minimum absolute atomic E-state index is 0.0672. The molecule has 4 nitrogen and oxygen atoms in total. The first-order chi connectivity index (χ1) is 11.7. The molecular formula is C20H36NO3+. The molecular weight excluding hydrogens is 302 g/mol. The Bertz CT molecular complexity index is 391. The number of esters is 1. The number of ether oxygens (including phenoxy) is 2. The third kappa shape index (κ3) is 8.70. The molecule has 1 aliphatic rings. The van der Waals surface area contributed by atoms with Gasteiger partial charge < -0.3 is 14.4 Å². The highest BCUT2D eigenvalue weighted by atomic mass is 16.6. The second-order valence-corrected chi connectivity index (χ2v) is 6.76. The van der Waals surface area contributed by atoms with E-state index in [9.17, 15) is 4.79 Å². The van der Waals surface area contributed by atoms with E-state index < -0.39 is 0 Å². The van der Waals surface area contributed by atoms with Crippen LogP contribution in [0.5, 0.6) is 0 Å². The highest BCUT2D eigenvalue weighted by Crippen LogP contribution is 2.23. The van der Waals surface area contributed by atoms with Crippen molar-refractivity contribution in [1.82, 2.24) is 0 Å². The van der Waals surface area contributed by atoms with Crippen LogP contribution in [0, 0.1) is 17.8 Å². The predicted molar refractivity (Wildman–Crippen MR) is 96.9 cm³/mol. The third-order valence-corrected chi connectivity index (χ3v) is 4.40. The molecule has 138 valence electrons. The fourth-order valence-electron chi connectivity index (χ4n) is 2.89. The maximum atomic E-state index is 11.9. The Morgan fingerprint density at radius 2 is 1.83 bits per heavy atom. The Morgan fingerprint density at radius 1 is 1.12 bits per heavy atom. The summed E-state index contributed by atoms with van der Waals surface area (Å²) in [5.74, 6) is 6.34. The van der Waals surface area contributed by atoms with E-state index in [-0.39, 0.29) is 18.0 Å². The van der Waals surface area contributed by atoms with Crippen LogP contribution in [0.2, 0.25) is 0 Å². The average Bonchev–Trinajstić information content (AvgIpc) is 2.93. The number of rotatable bonds is 12. The van der Waals surface area contributed by atoms with Gasteiger partial charge in [-0.25, -0.2) is 0 Å². The highest BCUT2D eigenvalue weighted by Gasteiger charge is 2.33. The van der Waals surface area contributed by atoms with Crippen LogP contribution in [0.4, 0.5) is 0 Å². The molecule has 0 aliphatic carbocycles. The summed E-state index contributed by atoms with van der Waals surface area (Å²) in [6.45, 7) is 11.1. The van der Waals surface area contributed by atoms with Crippen molar-refractivity contribution in [2.75, 3.05) is 32.8 Å². The monoisotopic (exact) mass is 338 g/mol. The predicted octanol–water partition coefficient (Wildman–Crippen LogP) is 2.22. The van der Waals surface area contributed by atoms with Gasteiger partial charge in [0, 0.05) is 19.4 Å². The summed E-state index contributed by atoms with van der Waals surface area (Å²) in [6.07, 6.45) is 7.27.